The zero-order valence-electron chi connectivity index (χ0n) is 8.04. The van der Waals surface area contributed by atoms with Gasteiger partial charge >= 0.3 is 0 Å². The Morgan fingerprint density at radius 1 is 1.50 bits per heavy atom. The van der Waals surface area contributed by atoms with Gasteiger partial charge < -0.3 is 9.47 Å². The quantitative estimate of drug-likeness (QED) is 0.833. The van der Waals surface area contributed by atoms with Crippen molar-refractivity contribution in [2.45, 2.75) is 6.92 Å². The number of carbonyl (C=O) groups is 1. The van der Waals surface area contributed by atoms with Gasteiger partial charge in [0.15, 0.2) is 17.3 Å². The Morgan fingerprint density at radius 2 is 2.21 bits per heavy atom. The first-order valence-electron chi connectivity index (χ1n) is 4.10. The number of ether oxygens (including phenoxy) is 2. The van der Waals surface area contributed by atoms with Crippen molar-refractivity contribution in [1.82, 2.24) is 0 Å². The maximum atomic E-state index is 10.7. The lowest BCUT2D eigenvalue weighted by atomic mass is 10.3. The highest BCUT2D eigenvalue weighted by Gasteiger charge is 2.08. The molecule has 14 heavy (non-hydrogen) atoms. The van der Waals surface area contributed by atoms with E-state index >= 15 is 0 Å². The van der Waals surface area contributed by atoms with E-state index in [1.807, 2.05) is 12.1 Å². The molecule has 0 aliphatic carbocycles. The molecule has 0 fully saturated rings. The van der Waals surface area contributed by atoms with Crippen LogP contribution in [0.2, 0.25) is 0 Å². The van der Waals surface area contributed by atoms with Gasteiger partial charge in [-0.25, -0.2) is 0 Å². The predicted octanol–water partition coefficient (Wildman–Crippen LogP) is 2.43. The minimum Gasteiger partial charge on any atom is -0.493 e. The third kappa shape index (κ3) is 2.73. The Bertz CT molecular complexity index is 336. The van der Waals surface area contributed by atoms with E-state index in [-0.39, 0.29) is 12.4 Å². The molecule has 0 spiro atoms. The van der Waals surface area contributed by atoms with Crippen molar-refractivity contribution in [1.29, 1.82) is 0 Å². The minimum atomic E-state index is -0.0252. The molecule has 0 atom stereocenters. The predicted molar refractivity (Wildman–Crippen MR) is 56.9 cm³/mol. The number of hydrogen-bond acceptors (Lipinski definition) is 3. The SMILES string of the molecule is COc1cccc(Br)c1OCC(C)=O. The van der Waals surface area contributed by atoms with Gasteiger partial charge in [0.1, 0.15) is 6.61 Å². The first-order valence-corrected chi connectivity index (χ1v) is 4.89. The number of rotatable bonds is 4. The molecule has 1 aromatic rings. The monoisotopic (exact) mass is 258 g/mol. The first-order chi connectivity index (χ1) is 6.65. The first kappa shape index (κ1) is 11.0. The largest absolute Gasteiger partial charge is 0.493 e. The van der Waals surface area contributed by atoms with E-state index in [4.69, 9.17) is 9.47 Å². The summed E-state index contributed by atoms with van der Waals surface area (Å²) in [4.78, 5) is 10.7. The fraction of sp³-hybridized carbons (Fsp3) is 0.300. The molecule has 76 valence electrons. The fourth-order valence-corrected chi connectivity index (χ4v) is 1.43. The molecule has 0 unspecified atom stereocenters. The lowest BCUT2D eigenvalue weighted by molar-refractivity contribution is -0.118. The van der Waals surface area contributed by atoms with Crippen molar-refractivity contribution in [3.05, 3.63) is 22.7 Å². The van der Waals surface area contributed by atoms with E-state index in [1.54, 1.807) is 13.2 Å². The summed E-state index contributed by atoms with van der Waals surface area (Å²) < 4.78 is 11.2. The molecule has 0 aliphatic heterocycles. The lowest BCUT2D eigenvalue weighted by Crippen LogP contribution is -2.07. The zero-order chi connectivity index (χ0) is 10.6. The second-order valence-electron chi connectivity index (χ2n) is 2.76. The number of ketones is 1. The van der Waals surface area contributed by atoms with Gasteiger partial charge in [0.2, 0.25) is 0 Å². The summed E-state index contributed by atoms with van der Waals surface area (Å²) >= 11 is 3.32. The summed E-state index contributed by atoms with van der Waals surface area (Å²) in [6.07, 6.45) is 0. The highest BCUT2D eigenvalue weighted by molar-refractivity contribution is 9.10. The molecule has 0 bridgehead atoms. The minimum absolute atomic E-state index is 0.0252. The second kappa shape index (κ2) is 5.00. The molecule has 1 aromatic carbocycles. The van der Waals surface area contributed by atoms with Crippen LogP contribution < -0.4 is 9.47 Å². The van der Waals surface area contributed by atoms with E-state index in [9.17, 15) is 4.79 Å². The number of Topliss-reactive ketones (excluding diaryl/α,β-unsaturated/α-hetero) is 1. The molecule has 0 saturated carbocycles. The highest BCUT2D eigenvalue weighted by atomic mass is 79.9. The smallest absolute Gasteiger partial charge is 0.175 e. The van der Waals surface area contributed by atoms with Crippen molar-refractivity contribution in [2.75, 3.05) is 13.7 Å². The molecule has 0 heterocycles. The van der Waals surface area contributed by atoms with Gasteiger partial charge in [0, 0.05) is 0 Å². The summed E-state index contributed by atoms with van der Waals surface area (Å²) in [6.45, 7) is 1.53. The Kier molecular flexibility index (Phi) is 3.95. The van der Waals surface area contributed by atoms with Gasteiger partial charge in [0.25, 0.3) is 0 Å². The number of methoxy groups -OCH3 is 1. The van der Waals surface area contributed by atoms with E-state index in [1.165, 1.54) is 6.92 Å². The Labute approximate surface area is 91.1 Å². The number of carbonyl (C=O) groups excluding carboxylic acids is 1. The second-order valence-corrected chi connectivity index (χ2v) is 3.62. The molecule has 1 rings (SSSR count). The van der Waals surface area contributed by atoms with Gasteiger partial charge in [-0.2, -0.15) is 0 Å². The van der Waals surface area contributed by atoms with E-state index in [0.29, 0.717) is 11.5 Å². The Morgan fingerprint density at radius 3 is 2.79 bits per heavy atom. The third-order valence-corrected chi connectivity index (χ3v) is 2.19. The van der Waals surface area contributed by atoms with E-state index in [2.05, 4.69) is 15.9 Å². The average Bonchev–Trinajstić information content (AvgIpc) is 2.15. The molecule has 0 amide bonds. The average molecular weight is 259 g/mol. The maximum Gasteiger partial charge on any atom is 0.175 e. The Balaban J connectivity index is 2.87. The molecular weight excluding hydrogens is 248 g/mol. The van der Waals surface area contributed by atoms with Crippen molar-refractivity contribution in [3.63, 3.8) is 0 Å². The van der Waals surface area contributed by atoms with Gasteiger partial charge in [-0.05, 0) is 35.0 Å². The van der Waals surface area contributed by atoms with Crippen LogP contribution in [0.5, 0.6) is 11.5 Å². The van der Waals surface area contributed by atoms with Crippen LogP contribution in [-0.2, 0) is 4.79 Å². The highest BCUT2D eigenvalue weighted by Crippen LogP contribution is 2.34. The molecule has 0 saturated heterocycles. The number of hydrogen-bond donors (Lipinski definition) is 0. The van der Waals surface area contributed by atoms with Crippen LogP contribution in [0.25, 0.3) is 0 Å². The van der Waals surface area contributed by atoms with Gasteiger partial charge in [-0.15, -0.1) is 0 Å². The fourth-order valence-electron chi connectivity index (χ4n) is 0.964. The molecule has 0 radical (unpaired) electrons. The lowest BCUT2D eigenvalue weighted by Gasteiger charge is -2.10. The van der Waals surface area contributed by atoms with Crippen LogP contribution in [0.4, 0.5) is 0 Å². The van der Waals surface area contributed by atoms with E-state index in [0.717, 1.165) is 4.47 Å². The van der Waals surface area contributed by atoms with Crippen LogP contribution in [0.3, 0.4) is 0 Å². The molecule has 0 N–H and O–H groups in total. The van der Waals surface area contributed by atoms with Crippen molar-refractivity contribution >= 4 is 21.7 Å². The summed E-state index contributed by atoms with van der Waals surface area (Å²) in [7, 11) is 1.56. The van der Waals surface area contributed by atoms with Crippen LogP contribution in [-0.4, -0.2) is 19.5 Å². The van der Waals surface area contributed by atoms with Crippen LogP contribution in [0, 0.1) is 0 Å². The Hall–Kier alpha value is -1.03. The van der Waals surface area contributed by atoms with Gasteiger partial charge in [-0.1, -0.05) is 6.07 Å². The van der Waals surface area contributed by atoms with Crippen molar-refractivity contribution < 1.29 is 14.3 Å². The normalized spacial score (nSPS) is 9.64. The molecule has 0 aromatic heterocycles. The van der Waals surface area contributed by atoms with Crippen molar-refractivity contribution in [3.8, 4) is 11.5 Å². The standard InChI is InChI=1S/C10H11BrO3/c1-7(12)6-14-10-8(11)4-3-5-9(10)13-2/h3-5H,6H2,1-2H3. The molecule has 0 aliphatic rings. The molecule has 3 nitrogen and oxygen atoms in total. The summed E-state index contributed by atoms with van der Waals surface area (Å²) in [5, 5.41) is 0. The summed E-state index contributed by atoms with van der Waals surface area (Å²) in [6, 6.07) is 5.45. The van der Waals surface area contributed by atoms with Crippen LogP contribution in [0.15, 0.2) is 22.7 Å². The topological polar surface area (TPSA) is 35.5 Å². The van der Waals surface area contributed by atoms with Crippen LogP contribution >= 0.6 is 15.9 Å². The third-order valence-electron chi connectivity index (χ3n) is 1.57. The van der Waals surface area contributed by atoms with Gasteiger partial charge in [-0.3, -0.25) is 4.79 Å². The maximum absolute atomic E-state index is 10.7. The van der Waals surface area contributed by atoms with Gasteiger partial charge in [0.05, 0.1) is 11.6 Å². The zero-order valence-corrected chi connectivity index (χ0v) is 9.63. The van der Waals surface area contributed by atoms with Crippen LogP contribution in [0.1, 0.15) is 6.92 Å². The summed E-state index contributed by atoms with van der Waals surface area (Å²) in [5.41, 5.74) is 0. The number of halogens is 1. The number of para-hydroxylation sites is 1. The molecule has 4 heteroatoms. The van der Waals surface area contributed by atoms with Crippen molar-refractivity contribution in [2.24, 2.45) is 0 Å². The summed E-state index contributed by atoms with van der Waals surface area (Å²) in [5.74, 6) is 1.15. The van der Waals surface area contributed by atoms with E-state index < -0.39 is 0 Å². The number of benzene rings is 1. The molecular formula is C10H11BrO3.